The Labute approximate surface area is 176 Å². The number of carbonyl (C=O) groups excluding carboxylic acids is 3. The molecule has 2 rings (SSSR count). The maximum atomic E-state index is 12.3. The van der Waals surface area contributed by atoms with Gasteiger partial charge in [0, 0.05) is 17.7 Å². The summed E-state index contributed by atoms with van der Waals surface area (Å²) in [4.78, 5) is 36.6. The van der Waals surface area contributed by atoms with Crippen LogP contribution < -0.4 is 10.6 Å². The van der Waals surface area contributed by atoms with Crippen LogP contribution in [-0.4, -0.2) is 36.2 Å². The summed E-state index contributed by atoms with van der Waals surface area (Å²) >= 11 is 0. The summed E-state index contributed by atoms with van der Waals surface area (Å²) in [7, 11) is 0. The summed E-state index contributed by atoms with van der Waals surface area (Å²) in [6, 6.07) is 15.1. The molecule has 160 valence electrons. The molecular weight excluding hydrogens is 384 g/mol. The number of hydrogen-bond acceptors (Lipinski definition) is 5. The second kappa shape index (κ2) is 10.4. The van der Waals surface area contributed by atoms with Crippen molar-refractivity contribution in [2.45, 2.75) is 45.8 Å². The molecule has 0 aliphatic carbocycles. The molecule has 0 aromatic heterocycles. The van der Waals surface area contributed by atoms with Gasteiger partial charge in [0.1, 0.15) is 11.6 Å². The van der Waals surface area contributed by atoms with Crippen LogP contribution in [0, 0.1) is 0 Å². The van der Waals surface area contributed by atoms with Crippen LogP contribution in [0.1, 0.15) is 43.6 Å². The average molecular weight is 412 g/mol. The summed E-state index contributed by atoms with van der Waals surface area (Å²) in [6.07, 6.45) is -0.461. The maximum absolute atomic E-state index is 12.3. The van der Waals surface area contributed by atoms with Gasteiger partial charge in [-0.15, -0.1) is 0 Å². The highest BCUT2D eigenvalue weighted by molar-refractivity contribution is 6.04. The third-order valence-corrected chi connectivity index (χ3v) is 3.95. The van der Waals surface area contributed by atoms with Crippen LogP contribution in [0.15, 0.2) is 54.6 Å². The second-order valence-corrected chi connectivity index (χ2v) is 7.67. The van der Waals surface area contributed by atoms with Crippen LogP contribution >= 0.6 is 0 Å². The van der Waals surface area contributed by atoms with Gasteiger partial charge < -0.3 is 20.1 Å². The first kappa shape index (κ1) is 22.9. The zero-order chi connectivity index (χ0) is 22.1. The highest BCUT2D eigenvalue weighted by Gasteiger charge is 2.25. The molecule has 2 N–H and O–H groups in total. The van der Waals surface area contributed by atoms with E-state index in [4.69, 9.17) is 9.47 Å². The van der Waals surface area contributed by atoms with E-state index < -0.39 is 23.7 Å². The lowest BCUT2D eigenvalue weighted by atomic mass is 10.1. The fourth-order valence-corrected chi connectivity index (χ4v) is 2.64. The van der Waals surface area contributed by atoms with E-state index in [1.54, 1.807) is 76.2 Å². The number of anilines is 1. The minimum absolute atomic E-state index is 0.204. The number of carbonyl (C=O) groups is 3. The number of alkyl carbamates (subject to hydrolysis) is 1. The van der Waals surface area contributed by atoms with Gasteiger partial charge in [-0.2, -0.15) is 0 Å². The van der Waals surface area contributed by atoms with Crippen molar-refractivity contribution in [2.75, 3.05) is 11.9 Å². The van der Waals surface area contributed by atoms with Gasteiger partial charge in [-0.3, -0.25) is 4.79 Å². The van der Waals surface area contributed by atoms with Crippen LogP contribution in [0.4, 0.5) is 10.5 Å². The summed E-state index contributed by atoms with van der Waals surface area (Å²) < 4.78 is 10.3. The van der Waals surface area contributed by atoms with Crippen molar-refractivity contribution >= 4 is 23.7 Å². The Balaban J connectivity index is 2.03. The lowest BCUT2D eigenvalue weighted by Gasteiger charge is -2.23. The molecule has 0 spiro atoms. The van der Waals surface area contributed by atoms with Crippen LogP contribution in [0.3, 0.4) is 0 Å². The fraction of sp³-hybridized carbons (Fsp3) is 0.348. The highest BCUT2D eigenvalue weighted by Crippen LogP contribution is 2.14. The summed E-state index contributed by atoms with van der Waals surface area (Å²) in [5.41, 5.74) is 1.30. The molecule has 0 saturated heterocycles. The predicted molar refractivity (Wildman–Crippen MR) is 114 cm³/mol. The topological polar surface area (TPSA) is 93.7 Å². The van der Waals surface area contributed by atoms with E-state index in [2.05, 4.69) is 10.6 Å². The first-order chi connectivity index (χ1) is 14.2. The molecule has 0 heterocycles. The van der Waals surface area contributed by atoms with Crippen LogP contribution in [0.5, 0.6) is 0 Å². The van der Waals surface area contributed by atoms with Crippen molar-refractivity contribution in [1.29, 1.82) is 0 Å². The molecule has 7 nitrogen and oxygen atoms in total. The molecule has 7 heteroatoms. The van der Waals surface area contributed by atoms with Gasteiger partial charge >= 0.3 is 12.1 Å². The Bertz CT molecular complexity index is 857. The lowest BCUT2D eigenvalue weighted by molar-refractivity contribution is -0.145. The third kappa shape index (κ3) is 7.58. The van der Waals surface area contributed by atoms with Gasteiger partial charge in [0.05, 0.1) is 6.61 Å². The Morgan fingerprint density at radius 2 is 1.60 bits per heavy atom. The van der Waals surface area contributed by atoms with E-state index in [1.165, 1.54) is 0 Å². The van der Waals surface area contributed by atoms with Crippen LogP contribution in [-0.2, 0) is 20.7 Å². The Morgan fingerprint density at radius 1 is 0.967 bits per heavy atom. The zero-order valence-corrected chi connectivity index (χ0v) is 17.7. The van der Waals surface area contributed by atoms with Crippen molar-refractivity contribution < 1.29 is 23.9 Å². The molecule has 0 fully saturated rings. The number of ether oxygens (including phenoxy) is 2. The molecule has 2 aromatic carbocycles. The normalized spacial score (nSPS) is 11.9. The van der Waals surface area contributed by atoms with Crippen LogP contribution in [0.25, 0.3) is 0 Å². The van der Waals surface area contributed by atoms with E-state index in [0.29, 0.717) is 11.3 Å². The SMILES string of the molecule is CCOC(=O)C(Cc1ccc(NC(=O)c2ccccc2)cc1)NC(=O)OC(C)(C)C. The van der Waals surface area contributed by atoms with Crippen LogP contribution in [0.2, 0.25) is 0 Å². The fourth-order valence-electron chi connectivity index (χ4n) is 2.64. The number of rotatable bonds is 7. The van der Waals surface area contributed by atoms with Crippen molar-refractivity contribution in [2.24, 2.45) is 0 Å². The Kier molecular flexibility index (Phi) is 7.98. The van der Waals surface area contributed by atoms with E-state index in [-0.39, 0.29) is 18.9 Å². The maximum Gasteiger partial charge on any atom is 0.408 e. The molecule has 0 radical (unpaired) electrons. The number of benzene rings is 2. The number of hydrogen-bond donors (Lipinski definition) is 2. The largest absolute Gasteiger partial charge is 0.464 e. The summed E-state index contributed by atoms with van der Waals surface area (Å²) in [5.74, 6) is -0.746. The summed E-state index contributed by atoms with van der Waals surface area (Å²) in [5, 5.41) is 5.39. The highest BCUT2D eigenvalue weighted by atomic mass is 16.6. The number of nitrogens with one attached hydrogen (secondary N) is 2. The lowest BCUT2D eigenvalue weighted by Crippen LogP contribution is -2.45. The van der Waals surface area contributed by atoms with E-state index >= 15 is 0 Å². The molecule has 0 aliphatic rings. The van der Waals surface area contributed by atoms with Gasteiger partial charge in [-0.1, -0.05) is 30.3 Å². The standard InChI is InChI=1S/C23H28N2O5/c1-5-29-21(27)19(25-22(28)30-23(2,3)4)15-16-11-13-18(14-12-16)24-20(26)17-9-7-6-8-10-17/h6-14,19H,5,15H2,1-4H3,(H,24,26)(H,25,28). The Morgan fingerprint density at radius 3 is 2.17 bits per heavy atom. The molecule has 0 bridgehead atoms. The monoisotopic (exact) mass is 412 g/mol. The van der Waals surface area contributed by atoms with Crippen molar-refractivity contribution in [1.82, 2.24) is 5.32 Å². The first-order valence-electron chi connectivity index (χ1n) is 9.79. The minimum atomic E-state index is -0.885. The molecule has 2 amide bonds. The quantitative estimate of drug-likeness (QED) is 0.672. The molecule has 1 atom stereocenters. The first-order valence-corrected chi connectivity index (χ1v) is 9.79. The van der Waals surface area contributed by atoms with E-state index in [1.807, 2.05) is 6.07 Å². The Hall–Kier alpha value is -3.35. The molecule has 1 unspecified atom stereocenters. The van der Waals surface area contributed by atoms with Crippen molar-refractivity contribution in [3.05, 3.63) is 65.7 Å². The molecule has 2 aromatic rings. The van der Waals surface area contributed by atoms with Gasteiger partial charge in [0.25, 0.3) is 5.91 Å². The molecule has 0 saturated carbocycles. The number of amides is 2. The average Bonchev–Trinajstić information content (AvgIpc) is 2.68. The smallest absolute Gasteiger partial charge is 0.408 e. The van der Waals surface area contributed by atoms with Gasteiger partial charge in [-0.05, 0) is 57.5 Å². The van der Waals surface area contributed by atoms with Gasteiger partial charge in [-0.25, -0.2) is 9.59 Å². The van der Waals surface area contributed by atoms with E-state index in [9.17, 15) is 14.4 Å². The van der Waals surface area contributed by atoms with E-state index in [0.717, 1.165) is 5.56 Å². The minimum Gasteiger partial charge on any atom is -0.464 e. The number of esters is 1. The molecule has 30 heavy (non-hydrogen) atoms. The second-order valence-electron chi connectivity index (χ2n) is 7.67. The zero-order valence-electron chi connectivity index (χ0n) is 17.7. The third-order valence-electron chi connectivity index (χ3n) is 3.95. The molecular formula is C23H28N2O5. The van der Waals surface area contributed by atoms with Crippen molar-refractivity contribution in [3.63, 3.8) is 0 Å². The molecule has 0 aliphatic heterocycles. The summed E-state index contributed by atoms with van der Waals surface area (Å²) in [6.45, 7) is 7.14. The van der Waals surface area contributed by atoms with Gasteiger partial charge in [0.15, 0.2) is 0 Å². The van der Waals surface area contributed by atoms with Crippen molar-refractivity contribution in [3.8, 4) is 0 Å². The predicted octanol–water partition coefficient (Wildman–Crippen LogP) is 3.94. The van der Waals surface area contributed by atoms with Gasteiger partial charge in [0.2, 0.25) is 0 Å².